The summed E-state index contributed by atoms with van der Waals surface area (Å²) in [6, 6.07) is 0. The van der Waals surface area contributed by atoms with Crippen LogP contribution in [0.15, 0.2) is 23.9 Å². The minimum Gasteiger partial charge on any atom is -0.297 e. The van der Waals surface area contributed by atoms with E-state index in [0.29, 0.717) is 17.9 Å². The number of hydrogen-bond donors (Lipinski definition) is 0. The van der Waals surface area contributed by atoms with Gasteiger partial charge in [-0.2, -0.15) is 0 Å². The molecule has 2 aromatic heterocycles. The average Bonchev–Trinajstić information content (AvgIpc) is 2.74. The average molecular weight is 288 g/mol. The second kappa shape index (κ2) is 4.99. The number of halogens is 1. The molecule has 0 amide bonds. The number of rotatable bonds is 4. The lowest BCUT2D eigenvalue weighted by atomic mass is 10.3. The van der Waals surface area contributed by atoms with Gasteiger partial charge in [0.25, 0.3) is 14.2 Å². The number of aromatic nitrogens is 5. The normalized spacial score (nSPS) is 11.7. The maximum absolute atomic E-state index is 11.4. The van der Waals surface area contributed by atoms with Crippen LogP contribution >= 0.6 is 10.7 Å². The molecule has 18 heavy (non-hydrogen) atoms. The van der Waals surface area contributed by atoms with Crippen LogP contribution in [0.1, 0.15) is 13.3 Å². The van der Waals surface area contributed by atoms with Crippen molar-refractivity contribution in [2.45, 2.75) is 25.0 Å². The Morgan fingerprint density at radius 2 is 1.94 bits per heavy atom. The standard InChI is InChI=1S/C9H10ClN5O2S/c1-2-3-15-8(7-4-11-6-12-5-7)13-14-9(15)18(10,16)17/h4-6H,2-3H2,1H3. The summed E-state index contributed by atoms with van der Waals surface area (Å²) in [6.45, 7) is 2.36. The van der Waals surface area contributed by atoms with Crippen molar-refractivity contribution in [2.24, 2.45) is 0 Å². The summed E-state index contributed by atoms with van der Waals surface area (Å²) in [5.41, 5.74) is 0.588. The summed E-state index contributed by atoms with van der Waals surface area (Å²) in [5, 5.41) is 7.20. The van der Waals surface area contributed by atoms with Gasteiger partial charge in [0, 0.05) is 29.6 Å². The fourth-order valence-corrected chi connectivity index (χ4v) is 2.44. The second-order valence-electron chi connectivity index (χ2n) is 3.52. The first-order valence-corrected chi connectivity index (χ1v) is 7.48. The van der Waals surface area contributed by atoms with Crippen LogP contribution in [0, 0.1) is 0 Å². The minimum absolute atomic E-state index is 0.259. The van der Waals surface area contributed by atoms with E-state index < -0.39 is 9.05 Å². The Morgan fingerprint density at radius 1 is 1.28 bits per heavy atom. The number of nitrogens with zero attached hydrogens (tertiary/aromatic N) is 5. The van der Waals surface area contributed by atoms with Crippen LogP contribution in [0.5, 0.6) is 0 Å². The van der Waals surface area contributed by atoms with E-state index in [2.05, 4.69) is 20.2 Å². The summed E-state index contributed by atoms with van der Waals surface area (Å²) in [7, 11) is 1.40. The second-order valence-corrected chi connectivity index (χ2v) is 5.98. The van der Waals surface area contributed by atoms with Crippen molar-refractivity contribution in [3.63, 3.8) is 0 Å². The van der Waals surface area contributed by atoms with E-state index in [4.69, 9.17) is 10.7 Å². The molecule has 0 saturated carbocycles. The first-order valence-electron chi connectivity index (χ1n) is 5.17. The third kappa shape index (κ3) is 2.49. The Kier molecular flexibility index (Phi) is 3.58. The van der Waals surface area contributed by atoms with Crippen LogP contribution in [-0.4, -0.2) is 33.2 Å². The van der Waals surface area contributed by atoms with Gasteiger partial charge in [-0.1, -0.05) is 6.92 Å². The van der Waals surface area contributed by atoms with Crippen molar-refractivity contribution < 1.29 is 8.42 Å². The molecule has 0 unspecified atom stereocenters. The Bertz CT molecular complexity index is 640. The van der Waals surface area contributed by atoms with Crippen molar-refractivity contribution in [3.8, 4) is 11.4 Å². The van der Waals surface area contributed by atoms with Gasteiger partial charge in [-0.05, 0) is 6.42 Å². The van der Waals surface area contributed by atoms with Crippen molar-refractivity contribution in [3.05, 3.63) is 18.7 Å². The molecule has 2 heterocycles. The Labute approximate surface area is 108 Å². The highest BCUT2D eigenvalue weighted by atomic mass is 35.7. The van der Waals surface area contributed by atoms with E-state index in [1.54, 1.807) is 0 Å². The molecule has 0 bridgehead atoms. The molecule has 0 spiro atoms. The molecule has 2 rings (SSSR count). The van der Waals surface area contributed by atoms with Crippen LogP contribution in [0.25, 0.3) is 11.4 Å². The zero-order valence-corrected chi connectivity index (χ0v) is 11.1. The summed E-state index contributed by atoms with van der Waals surface area (Å²) >= 11 is 0. The highest BCUT2D eigenvalue weighted by Gasteiger charge is 2.22. The van der Waals surface area contributed by atoms with Crippen LogP contribution in [0.2, 0.25) is 0 Å². The predicted octanol–water partition coefficient (Wildman–Crippen LogP) is 1.07. The van der Waals surface area contributed by atoms with Crippen LogP contribution < -0.4 is 0 Å². The molecule has 0 aliphatic heterocycles. The van der Waals surface area contributed by atoms with E-state index >= 15 is 0 Å². The molecule has 0 aromatic carbocycles. The van der Waals surface area contributed by atoms with E-state index in [1.165, 1.54) is 23.3 Å². The van der Waals surface area contributed by atoms with Crippen LogP contribution in [-0.2, 0) is 15.6 Å². The van der Waals surface area contributed by atoms with Crippen molar-refractivity contribution >= 4 is 19.7 Å². The third-order valence-corrected chi connectivity index (χ3v) is 3.35. The molecule has 7 nitrogen and oxygen atoms in total. The molecule has 0 aliphatic carbocycles. The highest BCUT2D eigenvalue weighted by molar-refractivity contribution is 8.13. The predicted molar refractivity (Wildman–Crippen MR) is 64.4 cm³/mol. The van der Waals surface area contributed by atoms with E-state index in [0.717, 1.165) is 6.42 Å². The molecule has 0 fully saturated rings. The smallest absolute Gasteiger partial charge is 0.296 e. The Balaban J connectivity index is 2.60. The topological polar surface area (TPSA) is 90.6 Å². The summed E-state index contributed by atoms with van der Waals surface area (Å²) in [4.78, 5) is 7.72. The Hall–Kier alpha value is -1.54. The van der Waals surface area contributed by atoms with Gasteiger partial charge in [-0.25, -0.2) is 18.4 Å². The van der Waals surface area contributed by atoms with E-state index in [1.807, 2.05) is 6.92 Å². The largest absolute Gasteiger partial charge is 0.297 e. The van der Waals surface area contributed by atoms with E-state index in [9.17, 15) is 8.42 Å². The molecule has 0 aliphatic rings. The molecule has 0 radical (unpaired) electrons. The summed E-state index contributed by atoms with van der Waals surface area (Å²) in [5.74, 6) is 0.386. The fourth-order valence-electron chi connectivity index (χ4n) is 1.52. The molecule has 0 N–H and O–H groups in total. The van der Waals surface area contributed by atoms with Gasteiger partial charge in [0.1, 0.15) is 6.33 Å². The first kappa shape index (κ1) is 12.9. The van der Waals surface area contributed by atoms with Gasteiger partial charge in [0.2, 0.25) is 0 Å². The lowest BCUT2D eigenvalue weighted by Crippen LogP contribution is -2.07. The van der Waals surface area contributed by atoms with Gasteiger partial charge >= 0.3 is 0 Å². The van der Waals surface area contributed by atoms with Crippen LogP contribution in [0.3, 0.4) is 0 Å². The van der Waals surface area contributed by atoms with E-state index in [-0.39, 0.29) is 5.16 Å². The number of hydrogen-bond acceptors (Lipinski definition) is 6. The van der Waals surface area contributed by atoms with Gasteiger partial charge in [0.05, 0.1) is 5.56 Å². The molecular weight excluding hydrogens is 278 g/mol. The maximum Gasteiger partial charge on any atom is 0.296 e. The minimum atomic E-state index is -3.92. The van der Waals surface area contributed by atoms with Crippen molar-refractivity contribution in [1.29, 1.82) is 0 Å². The SMILES string of the molecule is CCCn1c(-c2cncnc2)nnc1S(=O)(=O)Cl. The monoisotopic (exact) mass is 287 g/mol. The quantitative estimate of drug-likeness (QED) is 0.781. The third-order valence-electron chi connectivity index (χ3n) is 2.20. The fraction of sp³-hybridized carbons (Fsp3) is 0.333. The zero-order chi connectivity index (χ0) is 13.2. The Morgan fingerprint density at radius 3 is 2.50 bits per heavy atom. The first-order chi connectivity index (χ1) is 8.54. The summed E-state index contributed by atoms with van der Waals surface area (Å²) in [6.07, 6.45) is 5.17. The molecule has 2 aromatic rings. The van der Waals surface area contributed by atoms with Gasteiger partial charge < -0.3 is 0 Å². The van der Waals surface area contributed by atoms with Crippen molar-refractivity contribution in [1.82, 2.24) is 24.7 Å². The molecule has 9 heteroatoms. The van der Waals surface area contributed by atoms with Crippen LogP contribution in [0.4, 0.5) is 0 Å². The molecular formula is C9H10ClN5O2S. The maximum atomic E-state index is 11.4. The molecule has 96 valence electrons. The molecule has 0 saturated heterocycles. The summed E-state index contributed by atoms with van der Waals surface area (Å²) < 4.78 is 24.2. The van der Waals surface area contributed by atoms with Gasteiger partial charge in [-0.15, -0.1) is 10.2 Å². The highest BCUT2D eigenvalue weighted by Crippen LogP contribution is 2.21. The van der Waals surface area contributed by atoms with Gasteiger partial charge in [0.15, 0.2) is 5.82 Å². The van der Waals surface area contributed by atoms with Gasteiger partial charge in [-0.3, -0.25) is 4.57 Å². The zero-order valence-electron chi connectivity index (χ0n) is 9.49. The van der Waals surface area contributed by atoms with Crippen molar-refractivity contribution in [2.75, 3.05) is 0 Å². The lowest BCUT2D eigenvalue weighted by molar-refractivity contribution is 0.570. The molecule has 0 atom stereocenters. The lowest BCUT2D eigenvalue weighted by Gasteiger charge is -2.06.